The topological polar surface area (TPSA) is 41.6 Å². The molecule has 2 aromatic carbocycles. The molecule has 5 heteroatoms. The van der Waals surface area contributed by atoms with Gasteiger partial charge in [0.15, 0.2) is 0 Å². The zero-order valence-corrected chi connectivity index (χ0v) is 18.8. The second kappa shape index (κ2) is 8.60. The van der Waals surface area contributed by atoms with Gasteiger partial charge in [-0.15, -0.1) is 0 Å². The van der Waals surface area contributed by atoms with Gasteiger partial charge in [-0.05, 0) is 76.0 Å². The third-order valence-corrected chi connectivity index (χ3v) is 6.47. The van der Waals surface area contributed by atoms with Crippen LogP contribution >= 0.6 is 11.6 Å². The number of piperidine rings is 1. The standard InChI is InChI=1S/C25H31ClN2O2/c1-17-4-9-21-22(15-25(2,3)30-23(21)14-17)27-24(29)19-10-12-28(13-11-19)16-18-5-7-20(26)8-6-18/h4-9,14,19,22H,10-13,15-16H2,1-3H3,(H,27,29)/t22-/m0/s1. The van der Waals surface area contributed by atoms with Gasteiger partial charge in [-0.25, -0.2) is 0 Å². The first-order valence-corrected chi connectivity index (χ1v) is 11.2. The van der Waals surface area contributed by atoms with Gasteiger partial charge in [0.05, 0.1) is 6.04 Å². The number of nitrogens with one attached hydrogen (secondary N) is 1. The summed E-state index contributed by atoms with van der Waals surface area (Å²) in [4.78, 5) is 15.5. The van der Waals surface area contributed by atoms with Crippen LogP contribution in [0.3, 0.4) is 0 Å². The minimum Gasteiger partial charge on any atom is -0.487 e. The summed E-state index contributed by atoms with van der Waals surface area (Å²) in [5.41, 5.74) is 3.23. The van der Waals surface area contributed by atoms with Crippen LogP contribution in [0.2, 0.25) is 5.02 Å². The highest BCUT2D eigenvalue weighted by Crippen LogP contribution is 2.40. The summed E-state index contributed by atoms with van der Waals surface area (Å²) in [7, 11) is 0. The van der Waals surface area contributed by atoms with Gasteiger partial charge in [-0.2, -0.15) is 0 Å². The van der Waals surface area contributed by atoms with Crippen molar-refractivity contribution in [1.29, 1.82) is 0 Å². The lowest BCUT2D eigenvalue weighted by molar-refractivity contribution is -0.127. The first-order chi connectivity index (χ1) is 14.3. The average Bonchev–Trinajstić information content (AvgIpc) is 2.69. The molecule has 4 rings (SSSR count). The van der Waals surface area contributed by atoms with Gasteiger partial charge < -0.3 is 10.1 Å². The molecule has 0 bridgehead atoms. The first kappa shape index (κ1) is 21.2. The second-order valence-electron chi connectivity index (χ2n) is 9.35. The van der Waals surface area contributed by atoms with Crippen molar-refractivity contribution in [3.05, 3.63) is 64.2 Å². The molecule has 4 nitrogen and oxygen atoms in total. The van der Waals surface area contributed by atoms with Gasteiger partial charge in [0, 0.05) is 29.5 Å². The van der Waals surface area contributed by atoms with Crippen LogP contribution in [-0.4, -0.2) is 29.5 Å². The Balaban J connectivity index is 1.35. The number of carbonyl (C=O) groups is 1. The molecule has 1 N–H and O–H groups in total. The molecule has 1 saturated heterocycles. The summed E-state index contributed by atoms with van der Waals surface area (Å²) in [5.74, 6) is 1.15. The maximum Gasteiger partial charge on any atom is 0.223 e. The van der Waals surface area contributed by atoms with Crippen LogP contribution in [0.4, 0.5) is 0 Å². The van der Waals surface area contributed by atoms with Crippen LogP contribution in [-0.2, 0) is 11.3 Å². The number of benzene rings is 2. The summed E-state index contributed by atoms with van der Waals surface area (Å²) in [6.45, 7) is 9.04. The van der Waals surface area contributed by atoms with Gasteiger partial charge in [0.1, 0.15) is 11.4 Å². The molecule has 2 heterocycles. The monoisotopic (exact) mass is 426 g/mol. The van der Waals surface area contributed by atoms with Gasteiger partial charge in [-0.3, -0.25) is 9.69 Å². The van der Waals surface area contributed by atoms with E-state index in [9.17, 15) is 4.79 Å². The number of carbonyl (C=O) groups excluding carboxylic acids is 1. The number of ether oxygens (including phenoxy) is 1. The zero-order valence-electron chi connectivity index (χ0n) is 18.1. The molecule has 0 aliphatic carbocycles. The Kier molecular flexibility index (Phi) is 6.08. The average molecular weight is 427 g/mol. The summed E-state index contributed by atoms with van der Waals surface area (Å²) in [6, 6.07) is 14.3. The van der Waals surface area contributed by atoms with E-state index in [4.69, 9.17) is 16.3 Å². The lowest BCUT2D eigenvalue weighted by atomic mass is 9.88. The Morgan fingerprint density at radius 3 is 2.57 bits per heavy atom. The highest BCUT2D eigenvalue weighted by Gasteiger charge is 2.36. The number of amides is 1. The van der Waals surface area contributed by atoms with Gasteiger partial charge in [-0.1, -0.05) is 35.9 Å². The zero-order chi connectivity index (χ0) is 21.3. The van der Waals surface area contributed by atoms with E-state index in [-0.39, 0.29) is 23.5 Å². The molecule has 0 unspecified atom stereocenters. The molecule has 0 saturated carbocycles. The quantitative estimate of drug-likeness (QED) is 0.723. The van der Waals surface area contributed by atoms with Gasteiger partial charge >= 0.3 is 0 Å². The molecular formula is C25H31ClN2O2. The lowest BCUT2D eigenvalue weighted by Gasteiger charge is -2.39. The van der Waals surface area contributed by atoms with E-state index in [0.717, 1.165) is 55.2 Å². The van der Waals surface area contributed by atoms with Crippen molar-refractivity contribution in [2.75, 3.05) is 13.1 Å². The number of aryl methyl sites for hydroxylation is 1. The van der Waals surface area contributed by atoms with Crippen LogP contribution < -0.4 is 10.1 Å². The largest absolute Gasteiger partial charge is 0.487 e. The van der Waals surface area contributed by atoms with E-state index in [0.29, 0.717) is 0 Å². The molecule has 1 fully saturated rings. The molecule has 2 aliphatic rings. The summed E-state index contributed by atoms with van der Waals surface area (Å²) in [5, 5.41) is 4.10. The predicted octanol–water partition coefficient (Wildman–Crippen LogP) is 5.28. The molecule has 0 radical (unpaired) electrons. The molecule has 2 aromatic rings. The minimum atomic E-state index is -0.291. The number of halogens is 1. The van der Waals surface area contributed by atoms with Crippen molar-refractivity contribution in [2.24, 2.45) is 5.92 Å². The van der Waals surface area contributed by atoms with Crippen LogP contribution in [0.5, 0.6) is 5.75 Å². The molecule has 2 aliphatic heterocycles. The normalized spacial score (nSPS) is 21.5. The van der Waals surface area contributed by atoms with Crippen molar-refractivity contribution in [2.45, 2.75) is 58.2 Å². The Morgan fingerprint density at radius 1 is 1.17 bits per heavy atom. The molecule has 0 spiro atoms. The summed E-state index contributed by atoms with van der Waals surface area (Å²) < 4.78 is 6.17. The summed E-state index contributed by atoms with van der Waals surface area (Å²) in [6.07, 6.45) is 2.57. The smallest absolute Gasteiger partial charge is 0.223 e. The number of hydrogen-bond donors (Lipinski definition) is 1. The van der Waals surface area contributed by atoms with Crippen molar-refractivity contribution < 1.29 is 9.53 Å². The number of nitrogens with zero attached hydrogens (tertiary/aromatic N) is 1. The molecule has 1 amide bonds. The predicted molar refractivity (Wildman–Crippen MR) is 121 cm³/mol. The van der Waals surface area contributed by atoms with Crippen LogP contribution in [0.1, 0.15) is 55.8 Å². The number of fused-ring (bicyclic) bond motifs is 1. The number of hydrogen-bond acceptors (Lipinski definition) is 3. The fourth-order valence-corrected chi connectivity index (χ4v) is 4.70. The third kappa shape index (κ3) is 4.98. The lowest BCUT2D eigenvalue weighted by Crippen LogP contribution is -2.45. The Hall–Kier alpha value is -2.04. The van der Waals surface area contributed by atoms with Crippen molar-refractivity contribution >= 4 is 17.5 Å². The fraction of sp³-hybridized carbons (Fsp3) is 0.480. The Morgan fingerprint density at radius 2 is 1.87 bits per heavy atom. The fourth-order valence-electron chi connectivity index (χ4n) is 4.58. The maximum atomic E-state index is 13.1. The van der Waals surface area contributed by atoms with Crippen molar-refractivity contribution in [3.63, 3.8) is 0 Å². The van der Waals surface area contributed by atoms with E-state index in [1.165, 1.54) is 11.1 Å². The Bertz CT molecular complexity index is 902. The Labute approximate surface area is 184 Å². The molecule has 0 aromatic heterocycles. The highest BCUT2D eigenvalue weighted by molar-refractivity contribution is 6.30. The van der Waals surface area contributed by atoms with E-state index in [2.05, 4.69) is 61.3 Å². The van der Waals surface area contributed by atoms with Crippen molar-refractivity contribution in [1.82, 2.24) is 10.2 Å². The minimum absolute atomic E-state index is 0.00365. The van der Waals surface area contributed by atoms with E-state index >= 15 is 0 Å². The molecule has 160 valence electrons. The number of likely N-dealkylation sites (tertiary alicyclic amines) is 1. The van der Waals surface area contributed by atoms with Crippen LogP contribution in [0.15, 0.2) is 42.5 Å². The molecule has 1 atom stereocenters. The SMILES string of the molecule is Cc1ccc2c(c1)OC(C)(C)C[C@@H]2NC(=O)C1CCN(Cc2ccc(Cl)cc2)CC1. The number of rotatable bonds is 4. The van der Waals surface area contributed by atoms with E-state index in [1.807, 2.05) is 12.1 Å². The van der Waals surface area contributed by atoms with Crippen molar-refractivity contribution in [3.8, 4) is 5.75 Å². The second-order valence-corrected chi connectivity index (χ2v) is 9.78. The highest BCUT2D eigenvalue weighted by atomic mass is 35.5. The van der Waals surface area contributed by atoms with E-state index < -0.39 is 0 Å². The molecular weight excluding hydrogens is 396 g/mol. The third-order valence-electron chi connectivity index (χ3n) is 6.22. The van der Waals surface area contributed by atoms with E-state index in [1.54, 1.807) is 0 Å². The maximum absolute atomic E-state index is 13.1. The van der Waals surface area contributed by atoms with Gasteiger partial charge in [0.2, 0.25) is 5.91 Å². The van der Waals surface area contributed by atoms with Crippen LogP contribution in [0.25, 0.3) is 0 Å². The first-order valence-electron chi connectivity index (χ1n) is 10.9. The molecule has 30 heavy (non-hydrogen) atoms. The van der Waals surface area contributed by atoms with Crippen LogP contribution in [0, 0.1) is 12.8 Å². The van der Waals surface area contributed by atoms with Gasteiger partial charge in [0.25, 0.3) is 0 Å². The summed E-state index contributed by atoms with van der Waals surface area (Å²) >= 11 is 5.98.